The van der Waals surface area contributed by atoms with Gasteiger partial charge in [-0.15, -0.1) is 0 Å². The molecule has 1 amide bonds. The smallest absolute Gasteiger partial charge is 0.222 e. The highest BCUT2D eigenvalue weighted by molar-refractivity contribution is 5.76. The van der Waals surface area contributed by atoms with Crippen LogP contribution < -0.4 is 0 Å². The molecule has 0 saturated carbocycles. The van der Waals surface area contributed by atoms with Crippen LogP contribution in [0, 0.1) is 11.8 Å². The van der Waals surface area contributed by atoms with Gasteiger partial charge in [-0.3, -0.25) is 4.79 Å². The fourth-order valence-electron chi connectivity index (χ4n) is 2.55. The fraction of sp³-hybridized carbons (Fsp3) is 0.917. The van der Waals surface area contributed by atoms with Gasteiger partial charge in [0.15, 0.2) is 5.66 Å². The summed E-state index contributed by atoms with van der Waals surface area (Å²) in [7, 11) is 0. The Morgan fingerprint density at radius 2 is 1.88 bits per heavy atom. The van der Waals surface area contributed by atoms with Gasteiger partial charge >= 0.3 is 0 Å². The van der Waals surface area contributed by atoms with Gasteiger partial charge in [-0.05, 0) is 25.2 Å². The quantitative estimate of drug-likeness (QED) is 0.724. The zero-order chi connectivity index (χ0) is 11.8. The highest BCUT2D eigenvalue weighted by Gasteiger charge is 2.35. The maximum absolute atomic E-state index is 12.0. The summed E-state index contributed by atoms with van der Waals surface area (Å²) in [6.07, 6.45) is 2.60. The fourth-order valence-corrected chi connectivity index (χ4v) is 2.55. The van der Waals surface area contributed by atoms with E-state index in [-0.39, 0.29) is 11.6 Å². The van der Waals surface area contributed by atoms with Gasteiger partial charge in [-0.1, -0.05) is 13.8 Å². The van der Waals surface area contributed by atoms with Crippen molar-refractivity contribution >= 4 is 5.91 Å². The van der Waals surface area contributed by atoms with E-state index < -0.39 is 0 Å². The molecule has 0 spiro atoms. The second kappa shape index (κ2) is 4.15. The van der Waals surface area contributed by atoms with Crippen molar-refractivity contribution in [3.8, 4) is 0 Å². The van der Waals surface area contributed by atoms with Crippen molar-refractivity contribution in [2.24, 2.45) is 22.1 Å². The standard InChI is InChI=1S/C12H21N3O/c1-9-6-10(2)8-15(7-9)11(16)4-5-12(3)13-14-12/h9-10H,4-8H2,1-3H3. The van der Waals surface area contributed by atoms with Crippen LogP contribution in [0.15, 0.2) is 10.2 Å². The molecule has 0 radical (unpaired) electrons. The summed E-state index contributed by atoms with van der Waals surface area (Å²) in [5.74, 6) is 1.55. The topological polar surface area (TPSA) is 45.0 Å². The third kappa shape index (κ3) is 2.80. The van der Waals surface area contributed by atoms with E-state index in [1.54, 1.807) is 0 Å². The van der Waals surface area contributed by atoms with Crippen LogP contribution in [0.5, 0.6) is 0 Å². The van der Waals surface area contributed by atoms with E-state index in [0.717, 1.165) is 19.5 Å². The van der Waals surface area contributed by atoms with Crippen molar-refractivity contribution in [1.29, 1.82) is 0 Å². The zero-order valence-corrected chi connectivity index (χ0v) is 10.4. The first kappa shape index (κ1) is 11.6. The Bertz CT molecular complexity index is 297. The Balaban J connectivity index is 1.79. The third-order valence-electron chi connectivity index (χ3n) is 3.48. The highest BCUT2D eigenvalue weighted by Crippen LogP contribution is 2.32. The second-order valence-corrected chi connectivity index (χ2v) is 5.66. The molecular weight excluding hydrogens is 202 g/mol. The van der Waals surface area contributed by atoms with Gasteiger partial charge in [0, 0.05) is 25.9 Å². The first-order valence-corrected chi connectivity index (χ1v) is 6.20. The Hall–Kier alpha value is -0.930. The van der Waals surface area contributed by atoms with E-state index in [9.17, 15) is 4.79 Å². The number of likely N-dealkylation sites (tertiary alicyclic amines) is 1. The van der Waals surface area contributed by atoms with Crippen LogP contribution >= 0.6 is 0 Å². The van der Waals surface area contributed by atoms with Crippen LogP contribution in [-0.2, 0) is 4.79 Å². The summed E-state index contributed by atoms with van der Waals surface area (Å²) < 4.78 is 0. The minimum atomic E-state index is -0.233. The summed E-state index contributed by atoms with van der Waals surface area (Å²) in [6.45, 7) is 8.27. The van der Waals surface area contributed by atoms with E-state index in [1.807, 2.05) is 11.8 Å². The summed E-state index contributed by atoms with van der Waals surface area (Å²) >= 11 is 0. The number of rotatable bonds is 3. The van der Waals surface area contributed by atoms with Crippen LogP contribution in [-0.4, -0.2) is 29.6 Å². The van der Waals surface area contributed by atoms with Gasteiger partial charge < -0.3 is 4.90 Å². The summed E-state index contributed by atoms with van der Waals surface area (Å²) in [5, 5.41) is 7.87. The summed E-state index contributed by atoms with van der Waals surface area (Å²) in [6, 6.07) is 0. The van der Waals surface area contributed by atoms with Crippen molar-refractivity contribution in [1.82, 2.24) is 4.90 Å². The molecule has 16 heavy (non-hydrogen) atoms. The van der Waals surface area contributed by atoms with Crippen LogP contribution in [0.2, 0.25) is 0 Å². The van der Waals surface area contributed by atoms with Crippen LogP contribution in [0.4, 0.5) is 0 Å². The molecule has 0 bridgehead atoms. The molecule has 2 aliphatic heterocycles. The molecule has 0 N–H and O–H groups in total. The van der Waals surface area contributed by atoms with Crippen molar-refractivity contribution in [3.63, 3.8) is 0 Å². The van der Waals surface area contributed by atoms with Crippen LogP contribution in [0.1, 0.15) is 40.0 Å². The lowest BCUT2D eigenvalue weighted by Gasteiger charge is -2.35. The van der Waals surface area contributed by atoms with Gasteiger partial charge in [0.25, 0.3) is 0 Å². The number of nitrogens with zero attached hydrogens (tertiary/aromatic N) is 3. The Morgan fingerprint density at radius 3 is 2.38 bits per heavy atom. The maximum Gasteiger partial charge on any atom is 0.222 e. The van der Waals surface area contributed by atoms with E-state index >= 15 is 0 Å². The minimum absolute atomic E-state index is 0.233. The Kier molecular flexibility index (Phi) is 3.00. The van der Waals surface area contributed by atoms with Gasteiger partial charge in [0.05, 0.1) is 0 Å². The Morgan fingerprint density at radius 1 is 1.31 bits per heavy atom. The largest absolute Gasteiger partial charge is 0.342 e. The van der Waals surface area contributed by atoms with E-state index in [2.05, 4.69) is 24.1 Å². The number of carbonyl (C=O) groups is 1. The van der Waals surface area contributed by atoms with Crippen molar-refractivity contribution < 1.29 is 4.79 Å². The third-order valence-corrected chi connectivity index (χ3v) is 3.48. The molecule has 0 aromatic rings. The Labute approximate surface area is 97.1 Å². The van der Waals surface area contributed by atoms with Gasteiger partial charge in [-0.2, -0.15) is 10.2 Å². The lowest BCUT2D eigenvalue weighted by molar-refractivity contribution is -0.134. The van der Waals surface area contributed by atoms with Crippen molar-refractivity contribution in [2.45, 2.75) is 45.7 Å². The molecule has 0 aromatic heterocycles. The molecule has 2 aliphatic rings. The van der Waals surface area contributed by atoms with Crippen LogP contribution in [0.3, 0.4) is 0 Å². The monoisotopic (exact) mass is 223 g/mol. The molecule has 2 rings (SSSR count). The lowest BCUT2D eigenvalue weighted by atomic mass is 9.91. The molecule has 1 fully saturated rings. The molecule has 0 aliphatic carbocycles. The average Bonchev–Trinajstić information content (AvgIpc) is 2.92. The minimum Gasteiger partial charge on any atom is -0.342 e. The molecular formula is C12H21N3O. The van der Waals surface area contributed by atoms with Gasteiger partial charge in [0.1, 0.15) is 0 Å². The highest BCUT2D eigenvalue weighted by atomic mass is 16.2. The number of carbonyl (C=O) groups excluding carboxylic acids is 1. The lowest BCUT2D eigenvalue weighted by Crippen LogP contribution is -2.42. The molecule has 1 saturated heterocycles. The molecule has 2 atom stereocenters. The second-order valence-electron chi connectivity index (χ2n) is 5.66. The van der Waals surface area contributed by atoms with E-state index in [4.69, 9.17) is 0 Å². The molecule has 0 aromatic carbocycles. The SMILES string of the molecule is CC1CC(C)CN(C(=O)CCC2(C)N=N2)C1. The van der Waals surface area contributed by atoms with E-state index in [0.29, 0.717) is 18.3 Å². The molecule has 2 heterocycles. The van der Waals surface area contributed by atoms with Crippen LogP contribution in [0.25, 0.3) is 0 Å². The summed E-state index contributed by atoms with van der Waals surface area (Å²) in [4.78, 5) is 14.0. The predicted octanol–water partition coefficient (Wildman–Crippen LogP) is 2.45. The van der Waals surface area contributed by atoms with Crippen molar-refractivity contribution in [2.75, 3.05) is 13.1 Å². The molecule has 2 unspecified atom stereocenters. The first-order valence-electron chi connectivity index (χ1n) is 6.20. The number of hydrogen-bond acceptors (Lipinski definition) is 3. The predicted molar refractivity (Wildman–Crippen MR) is 62.0 cm³/mol. The number of amides is 1. The molecule has 4 heteroatoms. The first-order chi connectivity index (χ1) is 7.48. The van der Waals surface area contributed by atoms with E-state index in [1.165, 1.54) is 6.42 Å². The summed E-state index contributed by atoms with van der Waals surface area (Å²) in [5.41, 5.74) is -0.233. The average molecular weight is 223 g/mol. The van der Waals surface area contributed by atoms with Gasteiger partial charge in [0.2, 0.25) is 5.91 Å². The number of hydrogen-bond donors (Lipinski definition) is 0. The molecule has 90 valence electrons. The number of piperidine rings is 1. The normalized spacial score (nSPS) is 31.6. The zero-order valence-electron chi connectivity index (χ0n) is 10.4. The van der Waals surface area contributed by atoms with Gasteiger partial charge in [-0.25, -0.2) is 0 Å². The maximum atomic E-state index is 12.0. The molecule has 4 nitrogen and oxygen atoms in total. The van der Waals surface area contributed by atoms with Crippen molar-refractivity contribution in [3.05, 3.63) is 0 Å².